The molecule has 3 fully saturated rings. The topological polar surface area (TPSA) is 86.8 Å². The van der Waals surface area contributed by atoms with Gasteiger partial charge in [-0.05, 0) is 62.8 Å². The zero-order valence-corrected chi connectivity index (χ0v) is 19.1. The average molecular weight is 448 g/mol. The number of carbonyl (C=O) groups excluding carboxylic acids is 2. The zero-order chi connectivity index (χ0) is 22.0. The Morgan fingerprint density at radius 1 is 0.935 bits per heavy atom. The third-order valence-electron chi connectivity index (χ3n) is 6.92. The fourth-order valence-electron chi connectivity index (χ4n) is 4.74. The minimum Gasteiger partial charge on any atom is -0.342 e. The smallest absolute Gasteiger partial charge is 0.243 e. The Hall–Kier alpha value is -1.93. The first-order valence-corrected chi connectivity index (χ1v) is 13.0. The van der Waals surface area contributed by atoms with Gasteiger partial charge in [0.15, 0.2) is 0 Å². The van der Waals surface area contributed by atoms with Crippen molar-refractivity contribution in [3.63, 3.8) is 0 Å². The van der Waals surface area contributed by atoms with Gasteiger partial charge in [0.1, 0.15) is 0 Å². The van der Waals surface area contributed by atoms with Gasteiger partial charge < -0.3 is 10.2 Å². The summed E-state index contributed by atoms with van der Waals surface area (Å²) in [5.74, 6) is 0.0257. The molecule has 1 atom stereocenters. The zero-order valence-electron chi connectivity index (χ0n) is 18.3. The van der Waals surface area contributed by atoms with Gasteiger partial charge in [-0.1, -0.05) is 19.3 Å². The Morgan fingerprint density at radius 3 is 2.26 bits per heavy atom. The van der Waals surface area contributed by atoms with E-state index >= 15 is 0 Å². The lowest BCUT2D eigenvalue weighted by Crippen LogP contribution is -2.44. The van der Waals surface area contributed by atoms with E-state index in [9.17, 15) is 18.0 Å². The summed E-state index contributed by atoms with van der Waals surface area (Å²) in [5, 5.41) is 2.90. The van der Waals surface area contributed by atoms with Crippen molar-refractivity contribution in [2.24, 2.45) is 11.8 Å². The van der Waals surface area contributed by atoms with Gasteiger partial charge in [0.25, 0.3) is 0 Å². The fraction of sp³-hybridized carbons (Fsp3) is 0.652. The van der Waals surface area contributed by atoms with Crippen LogP contribution >= 0.6 is 0 Å². The number of benzene rings is 1. The summed E-state index contributed by atoms with van der Waals surface area (Å²) in [7, 11) is -1.88. The van der Waals surface area contributed by atoms with Gasteiger partial charge >= 0.3 is 0 Å². The normalized spacial score (nSPS) is 23.0. The second-order valence-corrected chi connectivity index (χ2v) is 11.2. The summed E-state index contributed by atoms with van der Waals surface area (Å²) in [6.45, 7) is 1.21. The quantitative estimate of drug-likeness (QED) is 0.725. The van der Waals surface area contributed by atoms with E-state index in [1.165, 1.54) is 10.7 Å². The van der Waals surface area contributed by atoms with Gasteiger partial charge in [-0.15, -0.1) is 0 Å². The largest absolute Gasteiger partial charge is 0.342 e. The molecule has 7 nitrogen and oxygen atoms in total. The van der Waals surface area contributed by atoms with Crippen LogP contribution in [0.15, 0.2) is 29.2 Å². The van der Waals surface area contributed by atoms with Crippen LogP contribution in [0.3, 0.4) is 0 Å². The third kappa shape index (κ3) is 5.12. The number of piperidine rings is 1. The van der Waals surface area contributed by atoms with Gasteiger partial charge in [-0.25, -0.2) is 8.42 Å². The van der Waals surface area contributed by atoms with Gasteiger partial charge in [0.05, 0.1) is 10.8 Å². The lowest BCUT2D eigenvalue weighted by Gasteiger charge is -2.32. The van der Waals surface area contributed by atoms with E-state index in [1.54, 1.807) is 31.3 Å². The van der Waals surface area contributed by atoms with Crippen molar-refractivity contribution >= 4 is 27.5 Å². The van der Waals surface area contributed by atoms with E-state index in [0.717, 1.165) is 57.9 Å². The van der Waals surface area contributed by atoms with Crippen molar-refractivity contribution < 1.29 is 18.0 Å². The number of hydrogen-bond donors (Lipinski definition) is 1. The standard InChI is InChI=1S/C23H33N3O4S/c1-25(20-7-3-2-4-8-20)31(29,30)21-13-11-19(12-14-21)24-22(27)18-6-5-15-26(16-18)23(28)17-9-10-17/h11-14,17-18,20H,2-10,15-16H2,1H3,(H,24,27). The first-order chi connectivity index (χ1) is 14.9. The number of nitrogens with one attached hydrogen (secondary N) is 1. The Bertz CT molecular complexity index is 905. The molecule has 1 heterocycles. The molecule has 2 saturated carbocycles. The summed E-state index contributed by atoms with van der Waals surface area (Å²) in [5.41, 5.74) is 0.579. The van der Waals surface area contributed by atoms with Crippen molar-refractivity contribution in [1.82, 2.24) is 9.21 Å². The van der Waals surface area contributed by atoms with Crippen LogP contribution in [0, 0.1) is 11.8 Å². The molecule has 4 rings (SSSR count). The van der Waals surface area contributed by atoms with Crippen LogP contribution in [-0.2, 0) is 19.6 Å². The Morgan fingerprint density at radius 2 is 1.61 bits per heavy atom. The van der Waals surface area contributed by atoms with Crippen LogP contribution in [0.25, 0.3) is 0 Å². The van der Waals surface area contributed by atoms with Gasteiger partial charge in [0, 0.05) is 37.8 Å². The lowest BCUT2D eigenvalue weighted by molar-refractivity contribution is -0.135. The molecule has 1 N–H and O–H groups in total. The molecular formula is C23H33N3O4S. The molecule has 0 spiro atoms. The summed E-state index contributed by atoms with van der Waals surface area (Å²) in [6.07, 6.45) is 8.67. The number of hydrogen-bond acceptors (Lipinski definition) is 4. The molecule has 0 aromatic heterocycles. The van der Waals surface area contributed by atoms with E-state index < -0.39 is 10.0 Å². The highest BCUT2D eigenvalue weighted by atomic mass is 32.2. The first-order valence-electron chi connectivity index (χ1n) is 11.5. The molecule has 1 aliphatic heterocycles. The van der Waals surface area contributed by atoms with E-state index in [1.807, 2.05) is 4.90 Å². The molecule has 3 aliphatic rings. The minimum atomic E-state index is -3.55. The average Bonchev–Trinajstić information content (AvgIpc) is 3.64. The van der Waals surface area contributed by atoms with Crippen LogP contribution in [0.4, 0.5) is 5.69 Å². The second kappa shape index (κ2) is 9.28. The second-order valence-electron chi connectivity index (χ2n) is 9.22. The monoisotopic (exact) mass is 447 g/mol. The molecule has 2 amide bonds. The molecule has 0 radical (unpaired) electrons. The van der Waals surface area contributed by atoms with E-state index in [-0.39, 0.29) is 34.6 Å². The number of carbonyl (C=O) groups is 2. The maximum absolute atomic E-state index is 13.0. The Labute approximate surface area is 185 Å². The summed E-state index contributed by atoms with van der Waals surface area (Å²) in [6, 6.07) is 6.48. The van der Waals surface area contributed by atoms with Gasteiger partial charge in [0.2, 0.25) is 21.8 Å². The number of anilines is 1. The number of likely N-dealkylation sites (tertiary alicyclic amines) is 1. The van der Waals surface area contributed by atoms with Crippen LogP contribution in [0.1, 0.15) is 57.8 Å². The van der Waals surface area contributed by atoms with Crippen molar-refractivity contribution in [3.05, 3.63) is 24.3 Å². The van der Waals surface area contributed by atoms with E-state index in [4.69, 9.17) is 0 Å². The van der Waals surface area contributed by atoms with Crippen LogP contribution < -0.4 is 5.32 Å². The van der Waals surface area contributed by atoms with Crippen LogP contribution in [0.2, 0.25) is 0 Å². The maximum Gasteiger partial charge on any atom is 0.243 e. The molecule has 1 aromatic carbocycles. The molecule has 1 unspecified atom stereocenters. The van der Waals surface area contributed by atoms with Crippen molar-refractivity contribution in [3.8, 4) is 0 Å². The summed E-state index contributed by atoms with van der Waals surface area (Å²) in [4.78, 5) is 27.1. The summed E-state index contributed by atoms with van der Waals surface area (Å²) >= 11 is 0. The molecular weight excluding hydrogens is 414 g/mol. The predicted octanol–water partition coefficient (Wildman–Crippen LogP) is 3.23. The molecule has 8 heteroatoms. The number of amides is 2. The van der Waals surface area contributed by atoms with Crippen molar-refractivity contribution in [2.75, 3.05) is 25.5 Å². The van der Waals surface area contributed by atoms with Crippen molar-refractivity contribution in [1.29, 1.82) is 0 Å². The predicted molar refractivity (Wildman–Crippen MR) is 119 cm³/mol. The number of rotatable bonds is 6. The molecule has 170 valence electrons. The van der Waals surface area contributed by atoms with Crippen molar-refractivity contribution in [2.45, 2.75) is 68.7 Å². The van der Waals surface area contributed by atoms with E-state index in [0.29, 0.717) is 12.2 Å². The van der Waals surface area contributed by atoms with Crippen LogP contribution in [-0.4, -0.2) is 55.6 Å². The highest BCUT2D eigenvalue weighted by Crippen LogP contribution is 2.33. The lowest BCUT2D eigenvalue weighted by atomic mass is 9.96. The number of sulfonamides is 1. The molecule has 2 aliphatic carbocycles. The summed E-state index contributed by atoms with van der Waals surface area (Å²) < 4.78 is 27.5. The maximum atomic E-state index is 13.0. The molecule has 1 aromatic rings. The Kier molecular flexibility index (Phi) is 6.67. The van der Waals surface area contributed by atoms with Crippen LogP contribution in [0.5, 0.6) is 0 Å². The highest BCUT2D eigenvalue weighted by Gasteiger charge is 2.36. The number of nitrogens with zero attached hydrogens (tertiary/aromatic N) is 2. The SMILES string of the molecule is CN(C1CCCCC1)S(=O)(=O)c1ccc(NC(=O)C2CCCN(C(=O)C3CC3)C2)cc1. The fourth-order valence-corrected chi connectivity index (χ4v) is 6.16. The first kappa shape index (κ1) is 22.3. The molecule has 1 saturated heterocycles. The van der Waals surface area contributed by atoms with Gasteiger partial charge in [-0.3, -0.25) is 9.59 Å². The molecule has 0 bridgehead atoms. The Balaban J connectivity index is 1.36. The third-order valence-corrected chi connectivity index (χ3v) is 8.84. The van der Waals surface area contributed by atoms with E-state index in [2.05, 4.69) is 5.32 Å². The molecule has 31 heavy (non-hydrogen) atoms. The minimum absolute atomic E-state index is 0.0609. The van der Waals surface area contributed by atoms with Gasteiger partial charge in [-0.2, -0.15) is 4.31 Å². The highest BCUT2D eigenvalue weighted by molar-refractivity contribution is 7.89.